The Morgan fingerprint density at radius 3 is 2.67 bits per heavy atom. The molecule has 0 N–H and O–H groups in total. The molecule has 2 aromatic carbocycles. The van der Waals surface area contributed by atoms with E-state index < -0.39 is 0 Å². The molecule has 0 unspecified atom stereocenters. The average molecular weight is 528 g/mol. The van der Waals surface area contributed by atoms with Crippen molar-refractivity contribution in [2.45, 2.75) is 38.3 Å². The molecule has 1 aliphatic rings. The molecule has 2 aromatic heterocycles. The van der Waals surface area contributed by atoms with Crippen LogP contribution >= 0.6 is 27.5 Å². The number of alkyl halides is 1. The Kier molecular flexibility index (Phi) is 6.25. The van der Waals surface area contributed by atoms with E-state index in [1.54, 1.807) is 6.33 Å². The third-order valence-corrected chi connectivity index (χ3v) is 6.58. The lowest BCUT2D eigenvalue weighted by Crippen LogP contribution is -2.13. The lowest BCUT2D eigenvalue weighted by atomic mass is 10.2. The molecule has 5 rings (SSSR count). The highest BCUT2D eigenvalue weighted by Gasteiger charge is 2.41. The Labute approximate surface area is 206 Å². The summed E-state index contributed by atoms with van der Waals surface area (Å²) in [5.41, 5.74) is 3.14. The third-order valence-electron chi connectivity index (χ3n) is 5.71. The van der Waals surface area contributed by atoms with E-state index >= 15 is 0 Å². The van der Waals surface area contributed by atoms with Gasteiger partial charge in [-0.05, 0) is 49.9 Å². The van der Waals surface area contributed by atoms with Crippen LogP contribution in [0.4, 0.5) is 0 Å². The Bertz CT molecular complexity index is 1270. The van der Waals surface area contributed by atoms with E-state index in [9.17, 15) is 0 Å². The normalized spacial score (nSPS) is 14.4. The highest BCUT2D eigenvalue weighted by atomic mass is 79.9. The molecule has 0 spiro atoms. The zero-order valence-corrected chi connectivity index (χ0v) is 20.6. The summed E-state index contributed by atoms with van der Waals surface area (Å²) < 4.78 is 14.1. The highest BCUT2D eigenvalue weighted by molar-refractivity contribution is 9.09. The lowest BCUT2D eigenvalue weighted by Gasteiger charge is -2.12. The molecule has 2 heterocycles. The Balaban J connectivity index is 1.59. The minimum atomic E-state index is -0.170. The topological polar surface area (TPSA) is 62.1 Å². The average Bonchev–Trinajstić information content (AvgIpc) is 3.43. The fourth-order valence-electron chi connectivity index (χ4n) is 3.63. The van der Waals surface area contributed by atoms with Crippen LogP contribution in [0.1, 0.15) is 31.7 Å². The number of rotatable bonds is 9. The van der Waals surface area contributed by atoms with Gasteiger partial charge in [0.2, 0.25) is 5.88 Å². The predicted octanol–water partition coefficient (Wildman–Crippen LogP) is 6.29. The second-order valence-corrected chi connectivity index (χ2v) is 9.64. The molecule has 0 saturated heterocycles. The maximum atomic E-state index is 6.73. The third kappa shape index (κ3) is 4.84. The van der Waals surface area contributed by atoms with Crippen molar-refractivity contribution in [3.63, 3.8) is 0 Å². The van der Waals surface area contributed by atoms with Gasteiger partial charge in [0, 0.05) is 10.9 Å². The Hall–Kier alpha value is -2.64. The van der Waals surface area contributed by atoms with Crippen LogP contribution < -0.4 is 9.47 Å². The summed E-state index contributed by atoms with van der Waals surface area (Å²) in [6.07, 6.45) is 4.49. The molecule has 0 radical (unpaired) electrons. The highest BCUT2D eigenvalue weighted by Crippen LogP contribution is 2.41. The number of nitrogens with zero attached hydrogens (tertiary/aromatic N) is 4. The molecule has 1 saturated carbocycles. The first-order valence-electron chi connectivity index (χ1n) is 11.0. The summed E-state index contributed by atoms with van der Waals surface area (Å²) in [7, 11) is 0. The van der Waals surface area contributed by atoms with E-state index in [2.05, 4.69) is 49.5 Å². The maximum absolute atomic E-state index is 6.73. The number of benzene rings is 2. The van der Waals surface area contributed by atoms with Crippen molar-refractivity contribution in [1.82, 2.24) is 19.5 Å². The van der Waals surface area contributed by atoms with Crippen molar-refractivity contribution < 1.29 is 9.47 Å². The van der Waals surface area contributed by atoms with E-state index in [1.165, 1.54) is 0 Å². The van der Waals surface area contributed by atoms with Gasteiger partial charge < -0.3 is 14.0 Å². The monoisotopic (exact) mass is 526 g/mol. The number of hydrogen-bond donors (Lipinski definition) is 0. The standard InChI is InChI=1S/C25H24BrClN4O2/c1-25(10-11-25)33-24-21-23(28-16-29-24)31(15-17-6-3-2-4-7-17)22(30-21)19-9-8-18(14-20(19)27)32-13-5-12-26/h2-4,6-9,14,16H,5,10-13,15H2,1H3. The molecule has 0 amide bonds. The number of ether oxygens (including phenoxy) is 2. The Morgan fingerprint density at radius 2 is 1.94 bits per heavy atom. The van der Waals surface area contributed by atoms with Gasteiger partial charge in [-0.25, -0.2) is 9.97 Å². The van der Waals surface area contributed by atoms with Gasteiger partial charge in [-0.3, -0.25) is 0 Å². The molecule has 1 aliphatic carbocycles. The summed E-state index contributed by atoms with van der Waals surface area (Å²) >= 11 is 10.1. The number of hydrogen-bond acceptors (Lipinski definition) is 5. The van der Waals surface area contributed by atoms with Crippen LogP contribution in [0, 0.1) is 0 Å². The molecule has 6 nitrogen and oxygen atoms in total. The summed E-state index contributed by atoms with van der Waals surface area (Å²) in [6, 6.07) is 15.9. The van der Waals surface area contributed by atoms with E-state index in [-0.39, 0.29) is 5.60 Å². The van der Waals surface area contributed by atoms with E-state index in [0.29, 0.717) is 29.6 Å². The second kappa shape index (κ2) is 9.31. The van der Waals surface area contributed by atoms with Gasteiger partial charge in [-0.15, -0.1) is 0 Å². The summed E-state index contributed by atoms with van der Waals surface area (Å²) in [5.74, 6) is 1.97. The SMILES string of the molecule is CC1(Oc2ncnc3c2nc(-c2ccc(OCCCBr)cc2Cl)n3Cc2ccccc2)CC1. The summed E-state index contributed by atoms with van der Waals surface area (Å²) in [4.78, 5) is 13.9. The molecule has 0 atom stereocenters. The van der Waals surface area contributed by atoms with Crippen LogP contribution in [0.5, 0.6) is 11.6 Å². The number of fused-ring (bicyclic) bond motifs is 1. The predicted molar refractivity (Wildman–Crippen MR) is 133 cm³/mol. The van der Waals surface area contributed by atoms with E-state index in [0.717, 1.165) is 52.9 Å². The lowest BCUT2D eigenvalue weighted by molar-refractivity contribution is 0.194. The van der Waals surface area contributed by atoms with Gasteiger partial charge >= 0.3 is 0 Å². The molecule has 4 aromatic rings. The molecular weight excluding hydrogens is 504 g/mol. The molecule has 8 heteroatoms. The Morgan fingerprint density at radius 1 is 1.12 bits per heavy atom. The zero-order valence-electron chi connectivity index (χ0n) is 18.3. The van der Waals surface area contributed by atoms with Gasteiger partial charge in [0.15, 0.2) is 11.2 Å². The second-order valence-electron chi connectivity index (χ2n) is 8.44. The largest absolute Gasteiger partial charge is 0.494 e. The summed E-state index contributed by atoms with van der Waals surface area (Å²) in [6.45, 7) is 3.32. The fourth-order valence-corrected chi connectivity index (χ4v) is 4.12. The van der Waals surface area contributed by atoms with Crippen LogP contribution in [-0.4, -0.2) is 37.1 Å². The van der Waals surface area contributed by atoms with Crippen molar-refractivity contribution in [3.05, 3.63) is 65.4 Å². The van der Waals surface area contributed by atoms with Crippen molar-refractivity contribution in [2.75, 3.05) is 11.9 Å². The molecule has 0 bridgehead atoms. The van der Waals surface area contributed by atoms with Crippen LogP contribution in [0.3, 0.4) is 0 Å². The van der Waals surface area contributed by atoms with Crippen LogP contribution in [-0.2, 0) is 6.54 Å². The van der Waals surface area contributed by atoms with E-state index in [1.807, 2.05) is 36.4 Å². The number of halogens is 2. The maximum Gasteiger partial charge on any atom is 0.245 e. The first-order chi connectivity index (χ1) is 16.1. The fraction of sp³-hybridized carbons (Fsp3) is 0.320. The molecule has 1 fully saturated rings. The van der Waals surface area contributed by atoms with Gasteiger partial charge in [0.1, 0.15) is 23.5 Å². The van der Waals surface area contributed by atoms with Crippen LogP contribution in [0.2, 0.25) is 5.02 Å². The number of imidazole rings is 1. The van der Waals surface area contributed by atoms with Crippen molar-refractivity contribution in [2.24, 2.45) is 0 Å². The smallest absolute Gasteiger partial charge is 0.245 e. The molecule has 33 heavy (non-hydrogen) atoms. The van der Waals surface area contributed by atoms with Crippen molar-refractivity contribution >= 4 is 38.7 Å². The minimum Gasteiger partial charge on any atom is -0.494 e. The molecular formula is C25H24BrClN4O2. The zero-order chi connectivity index (χ0) is 22.8. The quantitative estimate of drug-likeness (QED) is 0.189. The minimum absolute atomic E-state index is 0.170. The molecule has 170 valence electrons. The van der Waals surface area contributed by atoms with Gasteiger partial charge in [-0.1, -0.05) is 57.9 Å². The van der Waals surface area contributed by atoms with Crippen LogP contribution in [0.25, 0.3) is 22.6 Å². The molecule has 0 aliphatic heterocycles. The van der Waals surface area contributed by atoms with Gasteiger partial charge in [-0.2, -0.15) is 4.98 Å². The van der Waals surface area contributed by atoms with Crippen molar-refractivity contribution in [3.8, 4) is 23.0 Å². The summed E-state index contributed by atoms with van der Waals surface area (Å²) in [5, 5.41) is 1.47. The van der Waals surface area contributed by atoms with E-state index in [4.69, 9.17) is 26.1 Å². The van der Waals surface area contributed by atoms with Crippen molar-refractivity contribution in [1.29, 1.82) is 0 Å². The van der Waals surface area contributed by atoms with Gasteiger partial charge in [0.05, 0.1) is 18.2 Å². The van der Waals surface area contributed by atoms with Crippen LogP contribution in [0.15, 0.2) is 54.9 Å². The number of aromatic nitrogens is 4. The first-order valence-corrected chi connectivity index (χ1v) is 12.5. The first kappa shape index (κ1) is 22.2. The van der Waals surface area contributed by atoms with Gasteiger partial charge in [0.25, 0.3) is 0 Å².